The molecule has 1 aliphatic rings. The molecule has 0 saturated carbocycles. The highest BCUT2D eigenvalue weighted by molar-refractivity contribution is 8.01. The number of hydrogen-bond acceptors (Lipinski definition) is 5. The minimum Gasteiger partial charge on any atom is -0.324 e. The minimum absolute atomic E-state index is 0.128. The summed E-state index contributed by atoms with van der Waals surface area (Å²) in [5, 5.41) is 5.71. The second-order valence-electron chi connectivity index (χ2n) is 4.62. The molecule has 7 heteroatoms. The Bertz CT molecular complexity index is 699. The van der Waals surface area contributed by atoms with Crippen LogP contribution in [-0.4, -0.2) is 22.0 Å². The molecule has 1 unspecified atom stereocenters. The van der Waals surface area contributed by atoms with Crippen molar-refractivity contribution in [3.05, 3.63) is 35.3 Å². The monoisotopic (exact) mass is 319 g/mol. The molecule has 2 N–H and O–H groups in total. The molecule has 2 amide bonds. The Labute approximate surface area is 130 Å². The van der Waals surface area contributed by atoms with Gasteiger partial charge in [-0.05, 0) is 19.1 Å². The number of hydrogen-bond donors (Lipinski definition) is 2. The molecule has 1 aliphatic heterocycles. The molecular formula is C14H13N3O2S2. The van der Waals surface area contributed by atoms with Gasteiger partial charge < -0.3 is 10.6 Å². The fourth-order valence-electron chi connectivity index (χ4n) is 1.98. The Hall–Kier alpha value is -1.86. The first-order valence-electron chi connectivity index (χ1n) is 6.40. The van der Waals surface area contributed by atoms with Gasteiger partial charge in [0, 0.05) is 22.4 Å². The van der Waals surface area contributed by atoms with E-state index in [0.29, 0.717) is 5.13 Å². The van der Waals surface area contributed by atoms with Crippen molar-refractivity contribution in [1.82, 2.24) is 4.98 Å². The van der Waals surface area contributed by atoms with Crippen LogP contribution >= 0.6 is 23.1 Å². The van der Waals surface area contributed by atoms with Crippen LogP contribution in [0.25, 0.3) is 0 Å². The van der Waals surface area contributed by atoms with Crippen LogP contribution in [0.2, 0.25) is 0 Å². The van der Waals surface area contributed by atoms with E-state index in [2.05, 4.69) is 15.6 Å². The molecule has 21 heavy (non-hydrogen) atoms. The van der Waals surface area contributed by atoms with Crippen LogP contribution in [0.1, 0.15) is 11.3 Å². The second-order valence-corrected chi connectivity index (χ2v) is 7.10. The summed E-state index contributed by atoms with van der Waals surface area (Å²) >= 11 is 2.84. The SMILES string of the molecule is Cc1cnc(NC(=O)CC2Sc3ccccc3NC2=O)s1. The van der Waals surface area contributed by atoms with E-state index in [1.165, 1.54) is 23.1 Å². The van der Waals surface area contributed by atoms with Crippen LogP contribution in [0.5, 0.6) is 0 Å². The van der Waals surface area contributed by atoms with E-state index >= 15 is 0 Å². The Kier molecular flexibility index (Phi) is 3.94. The van der Waals surface area contributed by atoms with Crippen molar-refractivity contribution in [2.24, 2.45) is 0 Å². The van der Waals surface area contributed by atoms with E-state index < -0.39 is 5.25 Å². The van der Waals surface area contributed by atoms with Crippen LogP contribution in [0.4, 0.5) is 10.8 Å². The van der Waals surface area contributed by atoms with Gasteiger partial charge in [-0.25, -0.2) is 4.98 Å². The van der Waals surface area contributed by atoms with Crippen molar-refractivity contribution in [3.63, 3.8) is 0 Å². The summed E-state index contributed by atoms with van der Waals surface area (Å²) in [7, 11) is 0. The number of thioether (sulfide) groups is 1. The summed E-state index contributed by atoms with van der Waals surface area (Å²) in [5.74, 6) is -0.333. The maximum absolute atomic E-state index is 12.0. The normalized spacial score (nSPS) is 17.0. The smallest absolute Gasteiger partial charge is 0.238 e. The summed E-state index contributed by atoms with van der Waals surface area (Å²) in [6.45, 7) is 1.93. The fraction of sp³-hybridized carbons (Fsp3) is 0.214. The molecule has 1 aromatic heterocycles. The lowest BCUT2D eigenvalue weighted by atomic mass is 10.2. The van der Waals surface area contributed by atoms with E-state index in [1.54, 1.807) is 6.20 Å². The molecule has 0 bridgehead atoms. The Morgan fingerprint density at radius 2 is 2.24 bits per heavy atom. The lowest BCUT2D eigenvalue weighted by molar-refractivity contribution is -0.120. The molecule has 2 heterocycles. The van der Waals surface area contributed by atoms with Crippen molar-refractivity contribution in [3.8, 4) is 0 Å². The van der Waals surface area contributed by atoms with E-state index in [-0.39, 0.29) is 18.2 Å². The first-order chi connectivity index (χ1) is 10.1. The second kappa shape index (κ2) is 5.87. The van der Waals surface area contributed by atoms with Crippen LogP contribution in [-0.2, 0) is 9.59 Å². The number of carbonyl (C=O) groups is 2. The summed E-state index contributed by atoms with van der Waals surface area (Å²) in [4.78, 5) is 30.1. The third kappa shape index (κ3) is 3.25. The van der Waals surface area contributed by atoms with E-state index in [4.69, 9.17) is 0 Å². The molecule has 0 radical (unpaired) electrons. The molecule has 2 aromatic rings. The van der Waals surface area contributed by atoms with E-state index in [1.807, 2.05) is 31.2 Å². The highest BCUT2D eigenvalue weighted by Gasteiger charge is 2.28. The average molecular weight is 319 g/mol. The van der Waals surface area contributed by atoms with Gasteiger partial charge in [-0.2, -0.15) is 0 Å². The molecule has 1 aromatic carbocycles. The largest absolute Gasteiger partial charge is 0.324 e. The number of fused-ring (bicyclic) bond motifs is 1. The van der Waals surface area contributed by atoms with Crippen LogP contribution in [0.3, 0.4) is 0 Å². The Morgan fingerprint density at radius 3 is 3.00 bits per heavy atom. The minimum atomic E-state index is -0.416. The van der Waals surface area contributed by atoms with Crippen LogP contribution in [0.15, 0.2) is 35.4 Å². The number of benzene rings is 1. The molecule has 0 fully saturated rings. The topological polar surface area (TPSA) is 71.1 Å². The molecule has 5 nitrogen and oxygen atoms in total. The number of nitrogens with one attached hydrogen (secondary N) is 2. The number of nitrogens with zero attached hydrogens (tertiary/aromatic N) is 1. The molecular weight excluding hydrogens is 306 g/mol. The molecule has 0 aliphatic carbocycles. The number of rotatable bonds is 3. The summed E-state index contributed by atoms with van der Waals surface area (Å²) in [6, 6.07) is 7.58. The maximum atomic E-state index is 12.0. The number of aryl methyl sites for hydroxylation is 1. The molecule has 0 spiro atoms. The lowest BCUT2D eigenvalue weighted by Gasteiger charge is -2.23. The number of aromatic nitrogens is 1. The third-order valence-electron chi connectivity index (χ3n) is 2.95. The van der Waals surface area contributed by atoms with Gasteiger partial charge in [0.15, 0.2) is 5.13 Å². The summed E-state index contributed by atoms with van der Waals surface area (Å²) in [6.07, 6.45) is 1.84. The van der Waals surface area contributed by atoms with Gasteiger partial charge in [-0.1, -0.05) is 12.1 Å². The Balaban J connectivity index is 1.65. The van der Waals surface area contributed by atoms with Gasteiger partial charge in [0.2, 0.25) is 11.8 Å². The fourth-order valence-corrected chi connectivity index (χ4v) is 3.77. The third-order valence-corrected chi connectivity index (χ3v) is 5.05. The van der Waals surface area contributed by atoms with Crippen LogP contribution in [0, 0.1) is 6.92 Å². The zero-order valence-electron chi connectivity index (χ0n) is 11.3. The highest BCUT2D eigenvalue weighted by Crippen LogP contribution is 2.36. The first-order valence-corrected chi connectivity index (χ1v) is 8.10. The molecule has 3 rings (SSSR count). The Morgan fingerprint density at radius 1 is 1.43 bits per heavy atom. The number of para-hydroxylation sites is 1. The number of amides is 2. The maximum Gasteiger partial charge on any atom is 0.238 e. The summed E-state index contributed by atoms with van der Waals surface area (Å²) < 4.78 is 0. The number of thiazole rings is 1. The van der Waals surface area contributed by atoms with E-state index in [9.17, 15) is 9.59 Å². The number of anilines is 2. The average Bonchev–Trinajstić information content (AvgIpc) is 2.85. The van der Waals surface area contributed by atoms with Crippen LogP contribution < -0.4 is 10.6 Å². The van der Waals surface area contributed by atoms with Gasteiger partial charge in [-0.3, -0.25) is 9.59 Å². The predicted molar refractivity (Wildman–Crippen MR) is 84.8 cm³/mol. The van der Waals surface area contributed by atoms with Crippen molar-refractivity contribution in [1.29, 1.82) is 0 Å². The van der Waals surface area contributed by atoms with Crippen molar-refractivity contribution < 1.29 is 9.59 Å². The molecule has 1 atom stereocenters. The van der Waals surface area contributed by atoms with Gasteiger partial charge in [0.1, 0.15) is 0 Å². The van der Waals surface area contributed by atoms with Crippen molar-refractivity contribution in [2.45, 2.75) is 23.5 Å². The van der Waals surface area contributed by atoms with Crippen molar-refractivity contribution in [2.75, 3.05) is 10.6 Å². The number of carbonyl (C=O) groups excluding carboxylic acids is 2. The highest BCUT2D eigenvalue weighted by atomic mass is 32.2. The first kappa shape index (κ1) is 14.1. The van der Waals surface area contributed by atoms with Gasteiger partial charge in [0.25, 0.3) is 0 Å². The van der Waals surface area contributed by atoms with Gasteiger partial charge >= 0.3 is 0 Å². The van der Waals surface area contributed by atoms with E-state index in [0.717, 1.165) is 15.5 Å². The molecule has 0 saturated heterocycles. The lowest BCUT2D eigenvalue weighted by Crippen LogP contribution is -2.32. The van der Waals surface area contributed by atoms with Crippen molar-refractivity contribution >= 4 is 45.7 Å². The predicted octanol–water partition coefficient (Wildman–Crippen LogP) is 2.89. The van der Waals surface area contributed by atoms with Gasteiger partial charge in [-0.15, -0.1) is 23.1 Å². The standard InChI is InChI=1S/C14H13N3O2S2/c1-8-7-15-14(20-8)17-12(18)6-11-13(19)16-9-4-2-3-5-10(9)21-11/h2-5,7,11H,6H2,1H3,(H,16,19)(H,15,17,18). The zero-order chi connectivity index (χ0) is 14.8. The zero-order valence-corrected chi connectivity index (χ0v) is 12.9. The molecule has 108 valence electrons. The summed E-state index contributed by atoms with van der Waals surface area (Å²) in [5.41, 5.74) is 0.805. The van der Waals surface area contributed by atoms with Gasteiger partial charge in [0.05, 0.1) is 10.9 Å². The quantitative estimate of drug-likeness (QED) is 0.912.